The molecule has 0 fully saturated rings. The van der Waals surface area contributed by atoms with Gasteiger partial charge in [0.25, 0.3) is 0 Å². The van der Waals surface area contributed by atoms with Crippen molar-refractivity contribution in [3.05, 3.63) is 35.2 Å². The zero-order chi connectivity index (χ0) is 14.5. The highest BCUT2D eigenvalue weighted by molar-refractivity contribution is 7.99. The van der Waals surface area contributed by atoms with Crippen molar-refractivity contribution in [2.75, 3.05) is 11.1 Å². The normalized spacial score (nSPS) is 10.6. The van der Waals surface area contributed by atoms with Gasteiger partial charge < -0.3 is 0 Å². The van der Waals surface area contributed by atoms with Gasteiger partial charge in [0, 0.05) is 17.1 Å². The second-order valence-electron chi connectivity index (χ2n) is 4.64. The number of aromatic nitrogens is 3. The molecule has 20 heavy (non-hydrogen) atoms. The Morgan fingerprint density at radius 2 is 2.10 bits per heavy atom. The third kappa shape index (κ3) is 4.09. The lowest BCUT2D eigenvalue weighted by molar-refractivity contribution is -0.115. The molecule has 0 atom stereocenters. The number of hydrogen-bond donors (Lipinski definition) is 2. The van der Waals surface area contributed by atoms with Crippen molar-refractivity contribution in [3.8, 4) is 0 Å². The highest BCUT2D eigenvalue weighted by atomic mass is 32.2. The van der Waals surface area contributed by atoms with Crippen LogP contribution in [0.3, 0.4) is 0 Å². The first-order valence-corrected chi connectivity index (χ1v) is 7.42. The summed E-state index contributed by atoms with van der Waals surface area (Å²) in [6.45, 7) is 5.98. The number of amides is 1. The molecule has 0 bridgehead atoms. The topological polar surface area (TPSA) is 70.7 Å². The van der Waals surface area contributed by atoms with Crippen LogP contribution in [0, 0.1) is 20.8 Å². The largest absolute Gasteiger partial charge is 0.293 e. The van der Waals surface area contributed by atoms with Gasteiger partial charge in [0.15, 0.2) is 0 Å². The van der Waals surface area contributed by atoms with E-state index in [1.165, 1.54) is 16.0 Å². The van der Waals surface area contributed by atoms with Crippen molar-refractivity contribution >= 4 is 23.6 Å². The van der Waals surface area contributed by atoms with E-state index in [4.69, 9.17) is 0 Å². The molecule has 1 aromatic carbocycles. The van der Waals surface area contributed by atoms with Gasteiger partial charge in [0.1, 0.15) is 5.82 Å². The first-order valence-electron chi connectivity index (χ1n) is 6.43. The summed E-state index contributed by atoms with van der Waals surface area (Å²) in [5.74, 6) is 1.69. The highest BCUT2D eigenvalue weighted by Gasteiger charge is 2.06. The standard InChI is InChI=1S/C14H18N4OS/c1-9-4-5-12(8-10(9)2)20-7-6-13(19)16-14-15-11(3)17-18-14/h4-5,8H,6-7H2,1-3H3,(H2,15,16,17,18,19). The van der Waals surface area contributed by atoms with Gasteiger partial charge in [-0.2, -0.15) is 4.98 Å². The molecule has 0 unspecified atom stereocenters. The molecule has 0 aliphatic carbocycles. The molecule has 2 rings (SSSR count). The van der Waals surface area contributed by atoms with Crippen molar-refractivity contribution in [1.29, 1.82) is 0 Å². The summed E-state index contributed by atoms with van der Waals surface area (Å²) < 4.78 is 0. The third-order valence-electron chi connectivity index (χ3n) is 2.92. The Labute approximate surface area is 122 Å². The summed E-state index contributed by atoms with van der Waals surface area (Å²) >= 11 is 1.68. The molecule has 106 valence electrons. The number of aryl methyl sites for hydroxylation is 3. The quantitative estimate of drug-likeness (QED) is 0.831. The second-order valence-corrected chi connectivity index (χ2v) is 5.81. The number of H-pyrrole nitrogens is 1. The molecule has 6 heteroatoms. The van der Waals surface area contributed by atoms with Crippen LogP contribution in [0.5, 0.6) is 0 Å². The van der Waals surface area contributed by atoms with Crippen molar-refractivity contribution in [2.24, 2.45) is 0 Å². The van der Waals surface area contributed by atoms with Crippen molar-refractivity contribution in [1.82, 2.24) is 15.2 Å². The molecule has 1 amide bonds. The highest BCUT2D eigenvalue weighted by Crippen LogP contribution is 2.21. The molecule has 0 radical (unpaired) electrons. The SMILES string of the molecule is Cc1nc(NC(=O)CCSc2ccc(C)c(C)c2)n[nH]1. The van der Waals surface area contributed by atoms with E-state index in [2.05, 4.69) is 52.5 Å². The average molecular weight is 290 g/mol. The zero-order valence-corrected chi connectivity index (χ0v) is 12.7. The molecular formula is C14H18N4OS. The van der Waals surface area contributed by atoms with E-state index < -0.39 is 0 Å². The molecule has 2 N–H and O–H groups in total. The zero-order valence-electron chi connectivity index (χ0n) is 11.9. The Morgan fingerprint density at radius 3 is 2.75 bits per heavy atom. The number of thioether (sulfide) groups is 1. The van der Waals surface area contributed by atoms with E-state index in [1.54, 1.807) is 18.7 Å². The van der Waals surface area contributed by atoms with E-state index in [-0.39, 0.29) is 5.91 Å². The van der Waals surface area contributed by atoms with Gasteiger partial charge in [0.2, 0.25) is 11.9 Å². The van der Waals surface area contributed by atoms with Gasteiger partial charge in [0.05, 0.1) is 0 Å². The predicted octanol–water partition coefficient (Wildman–Crippen LogP) is 2.85. The van der Waals surface area contributed by atoms with Crippen LogP contribution < -0.4 is 5.32 Å². The molecule has 0 spiro atoms. The van der Waals surface area contributed by atoms with Gasteiger partial charge >= 0.3 is 0 Å². The molecule has 0 aliphatic rings. The minimum atomic E-state index is -0.0691. The van der Waals surface area contributed by atoms with Crippen LogP contribution in [0.25, 0.3) is 0 Å². The molecule has 1 aromatic heterocycles. The van der Waals surface area contributed by atoms with E-state index >= 15 is 0 Å². The van der Waals surface area contributed by atoms with Crippen LogP contribution in [0.4, 0.5) is 5.95 Å². The van der Waals surface area contributed by atoms with Gasteiger partial charge in [-0.05, 0) is 44.0 Å². The third-order valence-corrected chi connectivity index (χ3v) is 3.92. The number of aromatic amines is 1. The maximum Gasteiger partial charge on any atom is 0.248 e. The first-order chi connectivity index (χ1) is 9.54. The number of anilines is 1. The van der Waals surface area contributed by atoms with Crippen molar-refractivity contribution in [2.45, 2.75) is 32.1 Å². The minimum absolute atomic E-state index is 0.0691. The summed E-state index contributed by atoms with van der Waals surface area (Å²) in [7, 11) is 0. The number of rotatable bonds is 5. The number of nitrogens with one attached hydrogen (secondary N) is 2. The van der Waals surface area contributed by atoms with E-state index in [0.29, 0.717) is 18.2 Å². The Hall–Kier alpha value is -1.82. The Bertz CT molecular complexity index is 609. The summed E-state index contributed by atoms with van der Waals surface area (Å²) in [6.07, 6.45) is 0.436. The van der Waals surface area contributed by atoms with Crippen LogP contribution in [0.2, 0.25) is 0 Å². The van der Waals surface area contributed by atoms with Gasteiger partial charge in [-0.15, -0.1) is 16.9 Å². The Kier molecular flexibility index (Phi) is 4.79. The summed E-state index contributed by atoms with van der Waals surface area (Å²) in [4.78, 5) is 16.9. The number of nitrogens with zero attached hydrogens (tertiary/aromatic N) is 2. The fourth-order valence-electron chi connectivity index (χ4n) is 1.65. The molecule has 0 aliphatic heterocycles. The van der Waals surface area contributed by atoms with E-state index in [9.17, 15) is 4.79 Å². The Morgan fingerprint density at radius 1 is 1.30 bits per heavy atom. The van der Waals surface area contributed by atoms with Crippen LogP contribution in [-0.2, 0) is 4.79 Å². The molecular weight excluding hydrogens is 272 g/mol. The molecule has 1 heterocycles. The predicted molar refractivity (Wildman–Crippen MR) is 81.0 cm³/mol. The lowest BCUT2D eigenvalue weighted by atomic mass is 10.1. The number of hydrogen-bond acceptors (Lipinski definition) is 4. The average Bonchev–Trinajstić information content (AvgIpc) is 2.79. The van der Waals surface area contributed by atoms with Gasteiger partial charge in [-0.25, -0.2) is 0 Å². The first kappa shape index (κ1) is 14.6. The van der Waals surface area contributed by atoms with E-state index in [1.807, 2.05) is 0 Å². The monoisotopic (exact) mass is 290 g/mol. The maximum absolute atomic E-state index is 11.7. The summed E-state index contributed by atoms with van der Waals surface area (Å²) in [6, 6.07) is 6.34. The fraction of sp³-hybridized carbons (Fsp3) is 0.357. The van der Waals surface area contributed by atoms with Crippen molar-refractivity contribution in [3.63, 3.8) is 0 Å². The number of carbonyl (C=O) groups excluding carboxylic acids is 1. The summed E-state index contributed by atoms with van der Waals surface area (Å²) in [5, 5.41) is 9.22. The molecule has 0 saturated carbocycles. The fourth-order valence-corrected chi connectivity index (χ4v) is 2.60. The summed E-state index contributed by atoms with van der Waals surface area (Å²) in [5.41, 5.74) is 2.56. The van der Waals surface area contributed by atoms with Crippen LogP contribution in [0.1, 0.15) is 23.4 Å². The lowest BCUT2D eigenvalue weighted by Crippen LogP contribution is -2.13. The van der Waals surface area contributed by atoms with E-state index in [0.717, 1.165) is 5.75 Å². The Balaban J connectivity index is 1.77. The molecule has 5 nitrogen and oxygen atoms in total. The number of carbonyl (C=O) groups is 1. The minimum Gasteiger partial charge on any atom is -0.293 e. The van der Waals surface area contributed by atoms with Gasteiger partial charge in [-0.1, -0.05) is 6.07 Å². The maximum atomic E-state index is 11.7. The second kappa shape index (κ2) is 6.56. The van der Waals surface area contributed by atoms with Crippen molar-refractivity contribution < 1.29 is 4.79 Å². The lowest BCUT2D eigenvalue weighted by Gasteiger charge is -2.05. The van der Waals surface area contributed by atoms with Crippen LogP contribution >= 0.6 is 11.8 Å². The smallest absolute Gasteiger partial charge is 0.248 e. The number of benzene rings is 1. The van der Waals surface area contributed by atoms with Gasteiger partial charge in [-0.3, -0.25) is 15.2 Å². The van der Waals surface area contributed by atoms with Crippen LogP contribution in [-0.4, -0.2) is 26.8 Å². The van der Waals surface area contributed by atoms with Crippen LogP contribution in [0.15, 0.2) is 23.1 Å². The molecule has 0 saturated heterocycles. The molecule has 2 aromatic rings.